The molecule has 1 amide bonds. The van der Waals surface area contributed by atoms with Gasteiger partial charge in [-0.05, 0) is 50.6 Å². The predicted molar refractivity (Wildman–Crippen MR) is 117 cm³/mol. The molecule has 0 aromatic carbocycles. The standard InChI is InChI=1S/C20H30N4O3.C3H6/c25-20(26)22-16-3-1-15(2-4-16)6-9-23-10-12-24(13-11-23)19-17-7-14-27-18(17)5-8-21-19;1-2-3-1/h5,8,15-16,22H,1-4,6-7,9-14H2,(H,25,26);1-3H2. The number of rotatable bonds is 5. The fraction of sp³-hybridized carbons (Fsp3) is 0.739. The summed E-state index contributed by atoms with van der Waals surface area (Å²) in [7, 11) is 0. The van der Waals surface area contributed by atoms with Gasteiger partial charge in [0.05, 0.1) is 6.61 Å². The highest BCUT2D eigenvalue weighted by Crippen LogP contribution is 2.32. The average molecular weight is 417 g/mol. The summed E-state index contributed by atoms with van der Waals surface area (Å²) in [6.07, 6.45) is 11.9. The van der Waals surface area contributed by atoms with E-state index in [0.29, 0.717) is 0 Å². The number of aromatic nitrogens is 1. The zero-order valence-electron chi connectivity index (χ0n) is 18.0. The normalized spacial score (nSPS) is 25.5. The number of ether oxygens (including phenoxy) is 1. The lowest BCUT2D eigenvalue weighted by molar-refractivity contribution is 0.177. The largest absolute Gasteiger partial charge is 0.493 e. The SMILES string of the molecule is C1CC1.O=C(O)NC1CCC(CCN2CCN(c3nccc4c3CCO4)CC2)CC1. The van der Waals surface area contributed by atoms with Crippen LogP contribution in [0.2, 0.25) is 0 Å². The van der Waals surface area contributed by atoms with Crippen LogP contribution in [0, 0.1) is 5.92 Å². The van der Waals surface area contributed by atoms with Gasteiger partial charge in [-0.1, -0.05) is 19.3 Å². The molecule has 2 N–H and O–H groups in total. The molecule has 7 heteroatoms. The van der Waals surface area contributed by atoms with Crippen LogP contribution in [0.4, 0.5) is 10.6 Å². The van der Waals surface area contributed by atoms with Gasteiger partial charge in [0, 0.05) is 50.4 Å². The van der Waals surface area contributed by atoms with Gasteiger partial charge in [-0.2, -0.15) is 0 Å². The Balaban J connectivity index is 0.000000667. The zero-order chi connectivity index (χ0) is 20.8. The molecule has 0 bridgehead atoms. The number of hydrogen-bond donors (Lipinski definition) is 2. The second kappa shape index (κ2) is 10.3. The molecule has 0 unspecified atom stereocenters. The van der Waals surface area contributed by atoms with Crippen LogP contribution in [0.3, 0.4) is 0 Å². The topological polar surface area (TPSA) is 77.9 Å². The molecule has 5 rings (SSSR count). The monoisotopic (exact) mass is 416 g/mol. The molecule has 1 saturated heterocycles. The van der Waals surface area contributed by atoms with Gasteiger partial charge in [0.2, 0.25) is 0 Å². The third kappa shape index (κ3) is 6.00. The molecule has 1 aromatic rings. The molecular weight excluding hydrogens is 380 g/mol. The maximum absolute atomic E-state index is 10.7. The number of carbonyl (C=O) groups is 1. The number of hydrogen-bond acceptors (Lipinski definition) is 5. The van der Waals surface area contributed by atoms with Crippen molar-refractivity contribution < 1.29 is 14.6 Å². The van der Waals surface area contributed by atoms with E-state index in [1.807, 2.05) is 12.3 Å². The van der Waals surface area contributed by atoms with Gasteiger partial charge in [-0.3, -0.25) is 4.90 Å². The van der Waals surface area contributed by atoms with Crippen molar-refractivity contribution in [3.05, 3.63) is 17.8 Å². The van der Waals surface area contributed by atoms with Gasteiger partial charge in [0.1, 0.15) is 11.6 Å². The number of amides is 1. The summed E-state index contributed by atoms with van der Waals surface area (Å²) in [5, 5.41) is 11.5. The van der Waals surface area contributed by atoms with Crippen molar-refractivity contribution in [2.75, 3.05) is 44.2 Å². The highest BCUT2D eigenvalue weighted by Gasteiger charge is 2.26. The number of piperazine rings is 1. The molecule has 166 valence electrons. The summed E-state index contributed by atoms with van der Waals surface area (Å²) in [5.41, 5.74) is 1.28. The fourth-order valence-electron chi connectivity index (χ4n) is 4.69. The Kier molecular flexibility index (Phi) is 7.31. The van der Waals surface area contributed by atoms with E-state index in [9.17, 15) is 4.79 Å². The minimum atomic E-state index is -0.888. The summed E-state index contributed by atoms with van der Waals surface area (Å²) >= 11 is 0. The predicted octanol–water partition coefficient (Wildman–Crippen LogP) is 3.53. The number of pyridine rings is 1. The molecule has 7 nitrogen and oxygen atoms in total. The van der Waals surface area contributed by atoms with E-state index >= 15 is 0 Å². The Morgan fingerprint density at radius 2 is 1.87 bits per heavy atom. The summed E-state index contributed by atoms with van der Waals surface area (Å²) < 4.78 is 5.67. The number of nitrogens with zero attached hydrogens (tertiary/aromatic N) is 3. The van der Waals surface area contributed by atoms with Crippen LogP contribution in [-0.2, 0) is 6.42 Å². The van der Waals surface area contributed by atoms with E-state index in [2.05, 4.69) is 20.1 Å². The molecule has 2 aliphatic heterocycles. The van der Waals surface area contributed by atoms with E-state index in [-0.39, 0.29) is 6.04 Å². The molecule has 2 aliphatic carbocycles. The minimum absolute atomic E-state index is 0.159. The lowest BCUT2D eigenvalue weighted by Crippen LogP contribution is -2.47. The number of nitrogens with one attached hydrogen (secondary N) is 1. The minimum Gasteiger partial charge on any atom is -0.493 e. The van der Waals surface area contributed by atoms with Crippen molar-refractivity contribution in [2.24, 2.45) is 5.92 Å². The summed E-state index contributed by atoms with van der Waals surface area (Å²) in [5.74, 6) is 2.87. The van der Waals surface area contributed by atoms with Gasteiger partial charge in [0.25, 0.3) is 0 Å². The first-order chi connectivity index (χ1) is 14.7. The van der Waals surface area contributed by atoms with E-state index in [1.165, 1.54) is 31.2 Å². The maximum Gasteiger partial charge on any atom is 0.404 e. The van der Waals surface area contributed by atoms with Crippen LogP contribution in [0.5, 0.6) is 5.75 Å². The third-order valence-electron chi connectivity index (χ3n) is 6.65. The summed E-state index contributed by atoms with van der Waals surface area (Å²) in [4.78, 5) is 20.3. The summed E-state index contributed by atoms with van der Waals surface area (Å²) in [6.45, 7) is 6.15. The Morgan fingerprint density at radius 3 is 2.53 bits per heavy atom. The number of fused-ring (bicyclic) bond motifs is 1. The van der Waals surface area contributed by atoms with E-state index in [0.717, 1.165) is 88.9 Å². The smallest absolute Gasteiger partial charge is 0.404 e. The molecule has 30 heavy (non-hydrogen) atoms. The van der Waals surface area contributed by atoms with Gasteiger partial charge >= 0.3 is 6.09 Å². The average Bonchev–Trinajstić information content (AvgIpc) is 3.57. The quantitative estimate of drug-likeness (QED) is 0.765. The lowest BCUT2D eigenvalue weighted by atomic mass is 9.84. The first kappa shape index (κ1) is 21.2. The first-order valence-electron chi connectivity index (χ1n) is 11.8. The molecule has 0 spiro atoms. The Hall–Kier alpha value is -2.02. The number of carboxylic acid groups (broad SMARTS) is 1. The Morgan fingerprint density at radius 1 is 1.13 bits per heavy atom. The molecular formula is C23H36N4O3. The first-order valence-corrected chi connectivity index (χ1v) is 11.8. The van der Waals surface area contributed by atoms with Crippen LogP contribution < -0.4 is 15.0 Å². The molecule has 1 aromatic heterocycles. The van der Waals surface area contributed by atoms with Crippen molar-refractivity contribution >= 4 is 11.9 Å². The Bertz CT molecular complexity index is 693. The molecule has 3 heterocycles. The molecule has 2 saturated carbocycles. The van der Waals surface area contributed by atoms with Gasteiger partial charge in [-0.15, -0.1) is 0 Å². The molecule has 4 aliphatic rings. The highest BCUT2D eigenvalue weighted by atomic mass is 16.5. The van der Waals surface area contributed by atoms with Crippen molar-refractivity contribution in [2.45, 2.75) is 63.8 Å². The van der Waals surface area contributed by atoms with Gasteiger partial charge in [-0.25, -0.2) is 9.78 Å². The molecule has 0 atom stereocenters. The third-order valence-corrected chi connectivity index (χ3v) is 6.65. The maximum atomic E-state index is 10.7. The van der Waals surface area contributed by atoms with Gasteiger partial charge in [0.15, 0.2) is 0 Å². The van der Waals surface area contributed by atoms with Crippen LogP contribution >= 0.6 is 0 Å². The second-order valence-electron chi connectivity index (χ2n) is 9.05. The van der Waals surface area contributed by atoms with Crippen LogP contribution in [0.1, 0.15) is 56.9 Å². The van der Waals surface area contributed by atoms with Crippen molar-refractivity contribution in [1.82, 2.24) is 15.2 Å². The zero-order valence-corrected chi connectivity index (χ0v) is 18.0. The fourth-order valence-corrected chi connectivity index (χ4v) is 4.69. The Labute approximate surface area is 179 Å². The van der Waals surface area contributed by atoms with Crippen LogP contribution in [0.25, 0.3) is 0 Å². The summed E-state index contributed by atoms with van der Waals surface area (Å²) in [6, 6.07) is 2.13. The van der Waals surface area contributed by atoms with Gasteiger partial charge < -0.3 is 20.1 Å². The van der Waals surface area contributed by atoms with E-state index in [1.54, 1.807) is 0 Å². The van der Waals surface area contributed by atoms with Crippen LogP contribution in [0.15, 0.2) is 12.3 Å². The molecule has 3 fully saturated rings. The van der Waals surface area contributed by atoms with Crippen LogP contribution in [-0.4, -0.2) is 66.5 Å². The second-order valence-corrected chi connectivity index (χ2v) is 9.05. The van der Waals surface area contributed by atoms with E-state index in [4.69, 9.17) is 9.84 Å². The van der Waals surface area contributed by atoms with Crippen molar-refractivity contribution in [1.29, 1.82) is 0 Å². The van der Waals surface area contributed by atoms with E-state index < -0.39 is 6.09 Å². The molecule has 0 radical (unpaired) electrons. The number of anilines is 1. The van der Waals surface area contributed by atoms with Crippen molar-refractivity contribution in [3.8, 4) is 5.75 Å². The highest BCUT2D eigenvalue weighted by molar-refractivity contribution is 5.64. The van der Waals surface area contributed by atoms with Crippen molar-refractivity contribution in [3.63, 3.8) is 0 Å². The lowest BCUT2D eigenvalue weighted by Gasteiger charge is -2.37.